The number of aromatic nitrogens is 2. The van der Waals surface area contributed by atoms with Crippen molar-refractivity contribution in [1.82, 2.24) is 15.3 Å². The minimum Gasteiger partial charge on any atom is -0.507 e. The number of hydrogen-bond acceptors (Lipinski definition) is 7. The molecule has 2 aliphatic heterocycles. The highest BCUT2D eigenvalue weighted by Gasteiger charge is 2.25. The molecule has 0 aliphatic carbocycles. The first-order chi connectivity index (χ1) is 16.6. The van der Waals surface area contributed by atoms with Gasteiger partial charge in [0, 0.05) is 34.3 Å². The van der Waals surface area contributed by atoms with E-state index in [-0.39, 0.29) is 26.7 Å². The number of carbonyl (C=O) groups is 1. The Labute approximate surface area is 201 Å². The Morgan fingerprint density at radius 1 is 1.26 bits per heavy atom. The van der Waals surface area contributed by atoms with E-state index < -0.39 is 0 Å². The number of amides is 1. The molecular formula is C26H34N4O4. The van der Waals surface area contributed by atoms with Crippen LogP contribution in [0.3, 0.4) is 0 Å². The van der Waals surface area contributed by atoms with E-state index in [9.17, 15) is 9.90 Å². The van der Waals surface area contributed by atoms with Crippen molar-refractivity contribution in [1.29, 1.82) is 0 Å². The molecule has 5 rings (SSSR count). The van der Waals surface area contributed by atoms with Gasteiger partial charge in [-0.2, -0.15) is 0 Å². The first kappa shape index (κ1) is 22.4. The number of rotatable bonds is 5. The molecule has 3 aromatic rings. The van der Waals surface area contributed by atoms with Gasteiger partial charge in [0.25, 0.3) is 0 Å². The summed E-state index contributed by atoms with van der Waals surface area (Å²) in [6.45, 7) is 5.36. The fraction of sp³-hybridized carbons (Fsp3) is 0.423. The number of hydrogen-bond donors (Lipinski definition) is 2. The van der Waals surface area contributed by atoms with Crippen LogP contribution >= 0.6 is 0 Å². The molecule has 1 aromatic heterocycles. The fourth-order valence-electron chi connectivity index (χ4n) is 4.70. The summed E-state index contributed by atoms with van der Waals surface area (Å²) in [5.74, 6) is 1.81. The highest BCUT2D eigenvalue weighted by molar-refractivity contribution is 5.92. The summed E-state index contributed by atoms with van der Waals surface area (Å²) in [5.41, 5.74) is 2.58. The Hall–Kier alpha value is -3.39. The van der Waals surface area contributed by atoms with E-state index in [0.717, 1.165) is 54.6 Å². The molecule has 8 nitrogen and oxygen atoms in total. The van der Waals surface area contributed by atoms with Gasteiger partial charge in [0.2, 0.25) is 0 Å². The number of ether oxygens (including phenoxy) is 2. The average Bonchev–Trinajstić information content (AvgIpc) is 3.35. The van der Waals surface area contributed by atoms with Gasteiger partial charge in [-0.25, -0.2) is 14.8 Å². The molecule has 2 atom stereocenters. The predicted molar refractivity (Wildman–Crippen MR) is 134 cm³/mol. The number of nitrogens with zero attached hydrogens (tertiary/aromatic N) is 3. The zero-order valence-electron chi connectivity index (χ0n) is 19.4. The lowest BCUT2D eigenvalue weighted by Crippen LogP contribution is -2.42. The molecule has 2 saturated heterocycles. The zero-order chi connectivity index (χ0) is 23.5. The number of aryl methyl sites for hydroxylation is 1. The standard InChI is InChI=1S/C26H30N4O4.2H2/c1-17-8-9-20-22(13-17)28-24(21-6-2-3-7-23(21)31)29-25(20)30-11-4-5-18(15-30)14-27-26(32)34-19-10-12-33-16-19;;/h2-3,6-9,13,18-19,31H,4-5,10-12,14-16H2,1H3,(H,27,32);2*1H/t18-,19-;;/m1../s1. The van der Waals surface area contributed by atoms with Gasteiger partial charge < -0.3 is 24.8 Å². The molecule has 1 amide bonds. The van der Waals surface area contributed by atoms with Crippen LogP contribution < -0.4 is 10.2 Å². The number of carbonyl (C=O) groups excluding carboxylic acids is 1. The van der Waals surface area contributed by atoms with Crippen LogP contribution in [0.15, 0.2) is 42.5 Å². The largest absolute Gasteiger partial charge is 0.507 e. The maximum absolute atomic E-state index is 12.2. The van der Waals surface area contributed by atoms with Crippen molar-refractivity contribution in [2.24, 2.45) is 5.92 Å². The van der Waals surface area contributed by atoms with Crippen molar-refractivity contribution in [3.63, 3.8) is 0 Å². The minimum absolute atomic E-state index is 0. The van der Waals surface area contributed by atoms with E-state index in [0.29, 0.717) is 31.1 Å². The molecule has 0 bridgehead atoms. The molecule has 2 fully saturated rings. The van der Waals surface area contributed by atoms with Crippen LogP contribution in [0, 0.1) is 12.8 Å². The maximum atomic E-state index is 12.2. The number of anilines is 1. The van der Waals surface area contributed by atoms with Crippen molar-refractivity contribution in [2.45, 2.75) is 32.3 Å². The van der Waals surface area contributed by atoms with Gasteiger partial charge in [-0.3, -0.25) is 0 Å². The van der Waals surface area contributed by atoms with Gasteiger partial charge in [-0.15, -0.1) is 0 Å². The van der Waals surface area contributed by atoms with E-state index in [2.05, 4.69) is 28.4 Å². The molecule has 0 radical (unpaired) electrons. The van der Waals surface area contributed by atoms with E-state index >= 15 is 0 Å². The Balaban J connectivity index is 0.00000180. The lowest BCUT2D eigenvalue weighted by Gasteiger charge is -2.34. The highest BCUT2D eigenvalue weighted by Crippen LogP contribution is 2.33. The van der Waals surface area contributed by atoms with Crippen LogP contribution in [0.1, 0.15) is 27.7 Å². The Bertz CT molecular complexity index is 1190. The van der Waals surface area contributed by atoms with Crippen LogP contribution in [0.5, 0.6) is 5.75 Å². The Kier molecular flexibility index (Phi) is 6.49. The lowest BCUT2D eigenvalue weighted by atomic mass is 9.97. The first-order valence-electron chi connectivity index (χ1n) is 11.9. The molecule has 0 spiro atoms. The van der Waals surface area contributed by atoms with Crippen molar-refractivity contribution >= 4 is 22.8 Å². The Morgan fingerprint density at radius 3 is 2.97 bits per heavy atom. The molecule has 2 aromatic carbocycles. The number of aromatic hydroxyl groups is 1. The summed E-state index contributed by atoms with van der Waals surface area (Å²) < 4.78 is 10.7. The smallest absolute Gasteiger partial charge is 0.407 e. The van der Waals surface area contributed by atoms with Crippen molar-refractivity contribution < 1.29 is 22.2 Å². The highest BCUT2D eigenvalue weighted by atomic mass is 16.6. The van der Waals surface area contributed by atoms with Crippen molar-refractivity contribution in [3.8, 4) is 17.1 Å². The number of nitrogens with one attached hydrogen (secondary N) is 1. The molecule has 8 heteroatoms. The van der Waals surface area contributed by atoms with E-state index in [1.165, 1.54) is 0 Å². The number of phenols is 1. The number of para-hydroxylation sites is 1. The number of benzene rings is 2. The van der Waals surface area contributed by atoms with Crippen molar-refractivity contribution in [2.75, 3.05) is 37.7 Å². The van der Waals surface area contributed by atoms with Crippen LogP contribution in [0.2, 0.25) is 0 Å². The number of phenolic OH excluding ortho intramolecular Hbond substituents is 1. The summed E-state index contributed by atoms with van der Waals surface area (Å²) in [6, 6.07) is 13.3. The van der Waals surface area contributed by atoms with E-state index in [1.54, 1.807) is 12.1 Å². The number of alkyl carbamates (subject to hydrolysis) is 1. The van der Waals surface area contributed by atoms with Gasteiger partial charge in [0.1, 0.15) is 17.7 Å². The third-order valence-corrected chi connectivity index (χ3v) is 6.49. The molecule has 182 valence electrons. The second-order valence-corrected chi connectivity index (χ2v) is 9.13. The molecule has 0 saturated carbocycles. The third kappa shape index (κ3) is 4.92. The molecule has 0 unspecified atom stereocenters. The summed E-state index contributed by atoms with van der Waals surface area (Å²) >= 11 is 0. The topological polar surface area (TPSA) is 96.8 Å². The number of piperidine rings is 1. The predicted octanol–water partition coefficient (Wildman–Crippen LogP) is 4.53. The summed E-state index contributed by atoms with van der Waals surface area (Å²) in [6.07, 6.45) is 2.26. The second kappa shape index (κ2) is 9.85. The number of fused-ring (bicyclic) bond motifs is 1. The lowest BCUT2D eigenvalue weighted by molar-refractivity contribution is 0.0821. The van der Waals surface area contributed by atoms with Crippen LogP contribution in [0.25, 0.3) is 22.3 Å². The van der Waals surface area contributed by atoms with Crippen LogP contribution in [-0.2, 0) is 9.47 Å². The van der Waals surface area contributed by atoms with Gasteiger partial charge in [-0.05, 0) is 55.5 Å². The van der Waals surface area contributed by atoms with E-state index in [1.807, 2.05) is 19.1 Å². The molecular weight excluding hydrogens is 432 g/mol. The minimum atomic E-state index is -0.377. The SMILES string of the molecule is Cc1ccc2c(N3CCC[C@H](CNC(=O)O[C@@H]4CCOC4)C3)nc(-c3ccccc3O)nc2c1.[HH].[HH]. The van der Waals surface area contributed by atoms with Crippen LogP contribution in [-0.4, -0.2) is 60.1 Å². The van der Waals surface area contributed by atoms with Crippen LogP contribution in [0.4, 0.5) is 10.6 Å². The zero-order valence-corrected chi connectivity index (χ0v) is 19.4. The van der Waals surface area contributed by atoms with Gasteiger partial charge in [0.05, 0.1) is 24.3 Å². The maximum Gasteiger partial charge on any atom is 0.407 e. The molecule has 3 heterocycles. The first-order valence-corrected chi connectivity index (χ1v) is 11.9. The van der Waals surface area contributed by atoms with E-state index in [4.69, 9.17) is 19.4 Å². The van der Waals surface area contributed by atoms with Gasteiger partial charge in [0.15, 0.2) is 5.82 Å². The van der Waals surface area contributed by atoms with Gasteiger partial charge >= 0.3 is 6.09 Å². The Morgan fingerprint density at radius 2 is 2.15 bits per heavy atom. The summed E-state index contributed by atoms with van der Waals surface area (Å²) in [4.78, 5) is 24.1. The summed E-state index contributed by atoms with van der Waals surface area (Å²) in [5, 5.41) is 14.3. The van der Waals surface area contributed by atoms with Crippen molar-refractivity contribution in [3.05, 3.63) is 48.0 Å². The fourth-order valence-corrected chi connectivity index (χ4v) is 4.70. The molecule has 34 heavy (non-hydrogen) atoms. The monoisotopic (exact) mass is 466 g/mol. The summed E-state index contributed by atoms with van der Waals surface area (Å²) in [7, 11) is 0. The molecule has 2 aliphatic rings. The van der Waals surface area contributed by atoms with Gasteiger partial charge in [-0.1, -0.05) is 18.2 Å². The second-order valence-electron chi connectivity index (χ2n) is 9.13. The average molecular weight is 467 g/mol. The molecule has 2 N–H and O–H groups in total. The third-order valence-electron chi connectivity index (χ3n) is 6.49. The normalized spacial score (nSPS) is 20.4. The quantitative estimate of drug-likeness (QED) is 0.570.